The highest BCUT2D eigenvalue weighted by Gasteiger charge is 2.21. The minimum atomic E-state index is -1.06. The molecule has 0 aliphatic rings. The fourth-order valence-corrected chi connectivity index (χ4v) is 2.07. The van der Waals surface area contributed by atoms with Crippen LogP contribution in [-0.4, -0.2) is 40.1 Å². The lowest BCUT2D eigenvalue weighted by Crippen LogP contribution is -2.41. The molecular weight excluding hydrogens is 266 g/mol. The Morgan fingerprint density at radius 2 is 2.11 bits per heavy atom. The zero-order valence-electron chi connectivity index (χ0n) is 10.8. The van der Waals surface area contributed by atoms with Crippen LogP contribution in [0.4, 0.5) is 0 Å². The molecule has 0 radical (unpaired) electrons. The van der Waals surface area contributed by atoms with Crippen LogP contribution in [0.3, 0.4) is 0 Å². The Bertz CT molecular complexity index is 476. The highest BCUT2D eigenvalue weighted by Crippen LogP contribution is 2.19. The Kier molecular flexibility index (Phi) is 5.69. The van der Waals surface area contributed by atoms with Crippen LogP contribution in [0.5, 0.6) is 5.75 Å². The second kappa shape index (κ2) is 7.04. The second-order valence-corrected chi connectivity index (χ2v) is 5.08. The van der Waals surface area contributed by atoms with E-state index < -0.39 is 17.9 Å². The molecule has 19 heavy (non-hydrogen) atoms. The number of aliphatic carboxylic acids is 1. The van der Waals surface area contributed by atoms with E-state index in [2.05, 4.69) is 5.32 Å². The van der Waals surface area contributed by atoms with E-state index >= 15 is 0 Å². The fraction of sp³-hybridized carbons (Fsp3) is 0.385. The molecule has 0 aromatic heterocycles. The summed E-state index contributed by atoms with van der Waals surface area (Å²) in [7, 11) is 0. The van der Waals surface area contributed by atoms with Crippen LogP contribution in [0.1, 0.15) is 22.3 Å². The van der Waals surface area contributed by atoms with Crippen molar-refractivity contribution in [3.05, 3.63) is 29.3 Å². The number of rotatable bonds is 6. The summed E-state index contributed by atoms with van der Waals surface area (Å²) >= 11 is 1.52. The quantitative estimate of drug-likeness (QED) is 0.739. The third-order valence-corrected chi connectivity index (χ3v) is 3.41. The van der Waals surface area contributed by atoms with Gasteiger partial charge in [-0.2, -0.15) is 11.8 Å². The van der Waals surface area contributed by atoms with E-state index in [1.54, 1.807) is 19.1 Å². The average molecular weight is 283 g/mol. The van der Waals surface area contributed by atoms with Crippen LogP contribution < -0.4 is 5.32 Å². The van der Waals surface area contributed by atoms with Crippen molar-refractivity contribution in [2.75, 3.05) is 12.0 Å². The number of carbonyl (C=O) groups excluding carboxylic acids is 1. The molecule has 6 heteroatoms. The first-order valence-corrected chi connectivity index (χ1v) is 7.18. The number of amides is 1. The van der Waals surface area contributed by atoms with Gasteiger partial charge in [-0.05, 0) is 37.5 Å². The molecule has 1 atom stereocenters. The molecule has 1 rings (SSSR count). The maximum absolute atomic E-state index is 12.0. The second-order valence-electron chi connectivity index (χ2n) is 4.10. The molecule has 0 heterocycles. The van der Waals surface area contributed by atoms with Crippen molar-refractivity contribution in [3.8, 4) is 5.75 Å². The van der Waals surface area contributed by atoms with Gasteiger partial charge in [0.15, 0.2) is 0 Å². The summed E-state index contributed by atoms with van der Waals surface area (Å²) in [5.74, 6) is -0.873. The molecule has 1 aromatic carbocycles. The van der Waals surface area contributed by atoms with E-state index in [1.807, 2.05) is 6.26 Å². The predicted octanol–water partition coefficient (Wildman–Crippen LogP) is 1.64. The maximum atomic E-state index is 12.0. The molecule has 1 aromatic rings. The zero-order valence-corrected chi connectivity index (χ0v) is 11.7. The van der Waals surface area contributed by atoms with Crippen LogP contribution in [0.15, 0.2) is 18.2 Å². The molecule has 0 aliphatic carbocycles. The van der Waals surface area contributed by atoms with E-state index in [1.165, 1.54) is 17.8 Å². The van der Waals surface area contributed by atoms with Crippen molar-refractivity contribution in [1.29, 1.82) is 0 Å². The zero-order chi connectivity index (χ0) is 14.4. The molecular formula is C13H17NO4S. The predicted molar refractivity (Wildman–Crippen MR) is 74.7 cm³/mol. The monoisotopic (exact) mass is 283 g/mol. The summed E-state index contributed by atoms with van der Waals surface area (Å²) in [4.78, 5) is 23.1. The van der Waals surface area contributed by atoms with E-state index in [-0.39, 0.29) is 11.3 Å². The van der Waals surface area contributed by atoms with E-state index in [0.29, 0.717) is 17.7 Å². The number of benzene rings is 1. The fourth-order valence-electron chi connectivity index (χ4n) is 1.60. The number of hydrogen-bond acceptors (Lipinski definition) is 4. The van der Waals surface area contributed by atoms with Crippen molar-refractivity contribution < 1.29 is 19.8 Å². The first kappa shape index (κ1) is 15.4. The normalized spacial score (nSPS) is 11.9. The summed E-state index contributed by atoms with van der Waals surface area (Å²) in [5.41, 5.74) is 0.726. The van der Waals surface area contributed by atoms with Crippen molar-refractivity contribution in [2.45, 2.75) is 19.4 Å². The number of phenols is 1. The third kappa shape index (κ3) is 4.17. The number of phenolic OH excluding ortho intramolecular Hbond substituents is 1. The molecule has 0 aliphatic heterocycles. The van der Waals surface area contributed by atoms with E-state index in [0.717, 1.165) is 0 Å². The number of carboxylic acids is 1. The Hall–Kier alpha value is -1.69. The minimum absolute atomic E-state index is 0.0173. The lowest BCUT2D eigenvalue weighted by Gasteiger charge is -2.15. The highest BCUT2D eigenvalue weighted by atomic mass is 32.2. The Morgan fingerprint density at radius 1 is 1.42 bits per heavy atom. The molecule has 0 unspecified atom stereocenters. The van der Waals surface area contributed by atoms with Crippen LogP contribution >= 0.6 is 11.8 Å². The number of carboxylic acid groups (broad SMARTS) is 1. The minimum Gasteiger partial charge on any atom is -0.508 e. The summed E-state index contributed by atoms with van der Waals surface area (Å²) < 4.78 is 0. The first-order chi connectivity index (χ1) is 8.97. The van der Waals surface area contributed by atoms with Gasteiger partial charge in [0.1, 0.15) is 11.8 Å². The Morgan fingerprint density at radius 3 is 2.68 bits per heavy atom. The van der Waals surface area contributed by atoms with Gasteiger partial charge < -0.3 is 15.5 Å². The largest absolute Gasteiger partial charge is 0.508 e. The summed E-state index contributed by atoms with van der Waals surface area (Å²) in [6, 6.07) is 3.67. The molecule has 0 saturated carbocycles. The molecule has 0 spiro atoms. The van der Waals surface area contributed by atoms with Gasteiger partial charge in [0.2, 0.25) is 0 Å². The average Bonchev–Trinajstić information content (AvgIpc) is 2.37. The molecule has 1 amide bonds. The third-order valence-electron chi connectivity index (χ3n) is 2.76. The smallest absolute Gasteiger partial charge is 0.326 e. The summed E-state index contributed by atoms with van der Waals surface area (Å²) in [6.07, 6.45) is 2.24. The molecule has 3 N–H and O–H groups in total. The van der Waals surface area contributed by atoms with Gasteiger partial charge in [-0.3, -0.25) is 4.79 Å². The number of thioether (sulfide) groups is 1. The van der Waals surface area contributed by atoms with Gasteiger partial charge in [0.05, 0.1) is 0 Å². The van der Waals surface area contributed by atoms with Gasteiger partial charge in [0.25, 0.3) is 5.91 Å². The Balaban J connectivity index is 2.82. The van der Waals surface area contributed by atoms with Gasteiger partial charge >= 0.3 is 5.97 Å². The number of aromatic hydroxyl groups is 1. The van der Waals surface area contributed by atoms with Crippen molar-refractivity contribution in [3.63, 3.8) is 0 Å². The molecule has 0 saturated heterocycles. The first-order valence-electron chi connectivity index (χ1n) is 5.78. The SMILES string of the molecule is CSCC[C@@H](NC(=O)c1cccc(O)c1C)C(=O)O. The van der Waals surface area contributed by atoms with E-state index in [4.69, 9.17) is 5.11 Å². The van der Waals surface area contributed by atoms with Gasteiger partial charge in [-0.15, -0.1) is 0 Å². The van der Waals surface area contributed by atoms with Gasteiger partial charge in [-0.1, -0.05) is 6.07 Å². The van der Waals surface area contributed by atoms with Crippen LogP contribution in [0, 0.1) is 6.92 Å². The van der Waals surface area contributed by atoms with Gasteiger partial charge in [0, 0.05) is 11.1 Å². The number of nitrogens with one attached hydrogen (secondary N) is 1. The van der Waals surface area contributed by atoms with Crippen LogP contribution in [0.25, 0.3) is 0 Å². The topological polar surface area (TPSA) is 86.6 Å². The van der Waals surface area contributed by atoms with Gasteiger partial charge in [-0.25, -0.2) is 4.79 Å². The molecule has 5 nitrogen and oxygen atoms in total. The molecule has 104 valence electrons. The highest BCUT2D eigenvalue weighted by molar-refractivity contribution is 7.98. The van der Waals surface area contributed by atoms with Crippen molar-refractivity contribution in [2.24, 2.45) is 0 Å². The number of hydrogen-bond donors (Lipinski definition) is 3. The van der Waals surface area contributed by atoms with Crippen LogP contribution in [-0.2, 0) is 4.79 Å². The summed E-state index contributed by atoms with van der Waals surface area (Å²) in [6.45, 7) is 1.61. The standard InChI is InChI=1S/C13H17NO4S/c1-8-9(4-3-5-11(8)15)12(16)14-10(13(17)18)6-7-19-2/h3-5,10,15H,6-7H2,1-2H3,(H,14,16)(H,17,18)/t10-/m1/s1. The maximum Gasteiger partial charge on any atom is 0.326 e. The molecule has 0 fully saturated rings. The van der Waals surface area contributed by atoms with Crippen molar-refractivity contribution in [1.82, 2.24) is 5.32 Å². The summed E-state index contributed by atoms with van der Waals surface area (Å²) in [5, 5.41) is 21.1. The van der Waals surface area contributed by atoms with Crippen LogP contribution in [0.2, 0.25) is 0 Å². The Labute approximate surface area is 116 Å². The molecule has 0 bridgehead atoms. The lowest BCUT2D eigenvalue weighted by atomic mass is 10.1. The van der Waals surface area contributed by atoms with E-state index in [9.17, 15) is 14.7 Å². The van der Waals surface area contributed by atoms with Crippen molar-refractivity contribution >= 4 is 23.6 Å². The lowest BCUT2D eigenvalue weighted by molar-refractivity contribution is -0.139. The number of carbonyl (C=O) groups is 2.